The number of hydrogen-bond acceptors (Lipinski definition) is 3. The van der Waals surface area contributed by atoms with E-state index in [0.29, 0.717) is 17.5 Å². The molecule has 0 amide bonds. The Labute approximate surface area is 266 Å². The predicted molar refractivity (Wildman–Crippen MR) is 189 cm³/mol. The van der Waals surface area contributed by atoms with Crippen LogP contribution >= 0.6 is 0 Å². The van der Waals surface area contributed by atoms with E-state index in [-0.39, 0.29) is 14.5 Å². The number of fused-ring (bicyclic) bond motifs is 6. The molecule has 0 unspecified atom stereocenters. The van der Waals surface area contributed by atoms with E-state index in [2.05, 4.69) is 115 Å². The monoisotopic (exact) mass is 639 g/mol. The fourth-order valence-corrected chi connectivity index (χ4v) is 9.22. The third kappa shape index (κ3) is 4.38. The summed E-state index contributed by atoms with van der Waals surface area (Å²) in [5, 5.41) is 7.71. The summed E-state index contributed by atoms with van der Waals surface area (Å²) >= 11 is 0.0526. The van der Waals surface area contributed by atoms with Crippen molar-refractivity contribution in [1.29, 1.82) is 0 Å². The second kappa shape index (κ2) is 10.6. The van der Waals surface area contributed by atoms with Gasteiger partial charge in [-0.05, 0) is 0 Å². The zero-order chi connectivity index (χ0) is 29.7. The first-order valence-electron chi connectivity index (χ1n) is 15.0. The Morgan fingerprint density at radius 3 is 1.49 bits per heavy atom. The van der Waals surface area contributed by atoms with Crippen LogP contribution in [-0.2, 0) is 0 Å². The number of aromatic nitrogens is 3. The van der Waals surface area contributed by atoms with E-state index >= 15 is 0 Å². The molecule has 0 aliphatic heterocycles. The molecule has 4 heteroatoms. The van der Waals surface area contributed by atoms with Crippen molar-refractivity contribution < 1.29 is 0 Å². The van der Waals surface area contributed by atoms with Crippen LogP contribution in [0.2, 0.25) is 0 Å². The first kappa shape index (κ1) is 26.0. The summed E-state index contributed by atoms with van der Waals surface area (Å²) in [6.45, 7) is 0. The minimum atomic E-state index is 0.0526. The van der Waals surface area contributed by atoms with E-state index in [1.165, 1.54) is 52.0 Å². The molecule has 0 saturated carbocycles. The number of nitrogens with zero attached hydrogens (tertiary/aromatic N) is 3. The molecule has 0 bridgehead atoms. The van der Waals surface area contributed by atoms with Crippen molar-refractivity contribution in [3.63, 3.8) is 0 Å². The third-order valence-corrected chi connectivity index (χ3v) is 11.2. The van der Waals surface area contributed by atoms with Crippen LogP contribution in [0.4, 0.5) is 0 Å². The molecule has 0 spiro atoms. The summed E-state index contributed by atoms with van der Waals surface area (Å²) in [5.74, 6) is 2.08. The molecule has 9 rings (SSSR count). The number of hydrogen-bond donors (Lipinski definition) is 0. The number of benzene rings is 7. The summed E-state index contributed by atoms with van der Waals surface area (Å²) < 4.78 is 2.73. The van der Waals surface area contributed by atoms with Gasteiger partial charge in [0.25, 0.3) is 0 Å². The molecule has 3 nitrogen and oxygen atoms in total. The van der Waals surface area contributed by atoms with Crippen molar-refractivity contribution in [2.75, 3.05) is 0 Å². The predicted octanol–water partition coefficient (Wildman–Crippen LogP) is 10.2. The van der Waals surface area contributed by atoms with Crippen LogP contribution in [0.5, 0.6) is 0 Å². The first-order chi connectivity index (χ1) is 22.3. The molecule has 0 atom stereocenters. The fourth-order valence-electron chi connectivity index (χ4n) is 6.41. The summed E-state index contributed by atoms with van der Waals surface area (Å²) in [5.41, 5.74) is 5.63. The molecule has 0 radical (unpaired) electrons. The van der Waals surface area contributed by atoms with Crippen LogP contribution < -0.4 is 0 Å². The Kier molecular flexibility index (Phi) is 6.15. The molecule has 0 saturated heterocycles. The van der Waals surface area contributed by atoms with E-state index in [1.54, 1.807) is 0 Å². The van der Waals surface area contributed by atoms with Gasteiger partial charge in [0.05, 0.1) is 0 Å². The van der Waals surface area contributed by atoms with E-state index in [4.69, 9.17) is 15.0 Å². The first-order valence-corrected chi connectivity index (χ1v) is 16.8. The molecule has 0 aliphatic carbocycles. The van der Waals surface area contributed by atoms with Gasteiger partial charge >= 0.3 is 267 Å². The van der Waals surface area contributed by atoms with Crippen LogP contribution in [0, 0.1) is 0 Å². The molecule has 0 fully saturated rings. The van der Waals surface area contributed by atoms with Crippen LogP contribution in [0.1, 0.15) is 0 Å². The second-order valence-corrected chi connectivity index (χ2v) is 13.3. The van der Waals surface area contributed by atoms with Crippen LogP contribution in [0.15, 0.2) is 152 Å². The van der Waals surface area contributed by atoms with Gasteiger partial charge in [0, 0.05) is 0 Å². The van der Waals surface area contributed by atoms with Gasteiger partial charge in [0.15, 0.2) is 0 Å². The Balaban J connectivity index is 1.30. The molecule has 2 heterocycles. The second-order valence-electron chi connectivity index (χ2n) is 11.2. The summed E-state index contributed by atoms with van der Waals surface area (Å²) in [4.78, 5) is 15.1. The van der Waals surface area contributed by atoms with Crippen molar-refractivity contribution in [1.82, 2.24) is 15.0 Å². The van der Waals surface area contributed by atoms with Crippen LogP contribution in [0.3, 0.4) is 0 Å². The van der Waals surface area contributed by atoms with E-state index in [0.717, 1.165) is 16.7 Å². The molecular formula is C41H25N3Se. The maximum atomic E-state index is 5.08. The average molecular weight is 639 g/mol. The fraction of sp³-hybridized carbons (Fsp3) is 0. The molecule has 45 heavy (non-hydrogen) atoms. The molecular weight excluding hydrogens is 613 g/mol. The van der Waals surface area contributed by atoms with Crippen LogP contribution in [-0.4, -0.2) is 29.5 Å². The quantitative estimate of drug-likeness (QED) is 0.142. The minimum absolute atomic E-state index is 0.0526. The van der Waals surface area contributed by atoms with Crippen molar-refractivity contribution in [2.45, 2.75) is 0 Å². The summed E-state index contributed by atoms with van der Waals surface area (Å²) in [7, 11) is 0. The van der Waals surface area contributed by atoms with Crippen molar-refractivity contribution in [2.24, 2.45) is 0 Å². The van der Waals surface area contributed by atoms with Gasteiger partial charge in [-0.25, -0.2) is 0 Å². The zero-order valence-electron chi connectivity index (χ0n) is 24.2. The molecule has 2 aromatic heterocycles. The summed E-state index contributed by atoms with van der Waals surface area (Å²) in [6.07, 6.45) is 0. The van der Waals surface area contributed by atoms with Crippen molar-refractivity contribution in [3.8, 4) is 45.3 Å². The van der Waals surface area contributed by atoms with E-state index in [9.17, 15) is 0 Å². The van der Waals surface area contributed by atoms with E-state index in [1.807, 2.05) is 36.4 Å². The Hall–Kier alpha value is -5.41. The Morgan fingerprint density at radius 2 is 0.822 bits per heavy atom. The van der Waals surface area contributed by atoms with Crippen molar-refractivity contribution >= 4 is 55.3 Å². The van der Waals surface area contributed by atoms with Gasteiger partial charge < -0.3 is 0 Å². The molecule has 9 aromatic rings. The maximum absolute atomic E-state index is 5.08. The third-order valence-electron chi connectivity index (χ3n) is 8.52. The topological polar surface area (TPSA) is 38.7 Å². The Morgan fingerprint density at radius 1 is 0.333 bits per heavy atom. The van der Waals surface area contributed by atoms with E-state index < -0.39 is 0 Å². The normalized spacial score (nSPS) is 11.6. The van der Waals surface area contributed by atoms with Crippen molar-refractivity contribution in [3.05, 3.63) is 152 Å². The zero-order valence-corrected chi connectivity index (χ0v) is 25.9. The van der Waals surface area contributed by atoms with Gasteiger partial charge in [-0.3, -0.25) is 0 Å². The van der Waals surface area contributed by atoms with Gasteiger partial charge in [-0.15, -0.1) is 0 Å². The van der Waals surface area contributed by atoms with Gasteiger partial charge in [0.1, 0.15) is 0 Å². The SMILES string of the molecule is c1ccc(-c2nc(-c3ccccc3)nc(-c3cccc4c3[se]c3c(-c5cc6ccccc6c6ccccc56)cccc34)n2)cc1. The standard InChI is InChI=1S/C41H25N3Se/c1-3-13-26(14-4-1)39-42-40(27-15-5-2-6-16-27)44-41(43-39)35-24-12-22-33-32-21-11-23-34(37(32)45-38(33)35)36-25-28-17-7-8-18-29(28)30-19-9-10-20-31(30)36/h1-25H. The van der Waals surface area contributed by atoms with Crippen LogP contribution in [0.25, 0.3) is 86.1 Å². The Bertz CT molecular complexity index is 2480. The van der Waals surface area contributed by atoms with Gasteiger partial charge in [-0.2, -0.15) is 0 Å². The van der Waals surface area contributed by atoms with Gasteiger partial charge in [-0.1, -0.05) is 0 Å². The molecule has 0 aliphatic rings. The molecule has 7 aromatic carbocycles. The number of rotatable bonds is 4. The van der Waals surface area contributed by atoms with Gasteiger partial charge in [0.2, 0.25) is 0 Å². The molecule has 210 valence electrons. The average Bonchev–Trinajstić information content (AvgIpc) is 3.51. The summed E-state index contributed by atoms with van der Waals surface area (Å²) in [6, 6.07) is 53.6. The molecule has 0 N–H and O–H groups in total.